The SMILES string of the molecule is CCNC(Cc1ccc(Br)cc1F)C1CCC(C)CC1. The van der Waals surface area contributed by atoms with Gasteiger partial charge >= 0.3 is 0 Å². The van der Waals surface area contributed by atoms with Crippen LogP contribution >= 0.6 is 15.9 Å². The highest BCUT2D eigenvalue weighted by Crippen LogP contribution is 2.32. The van der Waals surface area contributed by atoms with Gasteiger partial charge in [-0.05, 0) is 55.3 Å². The standard InChI is InChI=1S/C17H25BrFN/c1-3-20-17(13-6-4-12(2)5-7-13)10-14-8-9-15(18)11-16(14)19/h8-9,11-13,17,20H,3-7,10H2,1-2H3. The van der Waals surface area contributed by atoms with Gasteiger partial charge in [0.2, 0.25) is 0 Å². The molecule has 0 heterocycles. The molecule has 0 spiro atoms. The molecule has 1 unspecified atom stereocenters. The van der Waals surface area contributed by atoms with E-state index in [0.29, 0.717) is 12.0 Å². The number of rotatable bonds is 5. The number of likely N-dealkylation sites (N-methyl/N-ethyl adjacent to an activating group) is 1. The summed E-state index contributed by atoms with van der Waals surface area (Å²) in [6.07, 6.45) is 5.98. The topological polar surface area (TPSA) is 12.0 Å². The fourth-order valence-corrected chi connectivity index (χ4v) is 3.61. The summed E-state index contributed by atoms with van der Waals surface area (Å²) in [5.74, 6) is 1.46. The molecule has 0 radical (unpaired) electrons. The first-order valence-corrected chi connectivity index (χ1v) is 8.56. The van der Waals surface area contributed by atoms with E-state index in [9.17, 15) is 4.39 Å². The van der Waals surface area contributed by atoms with Gasteiger partial charge in [0.05, 0.1) is 0 Å². The van der Waals surface area contributed by atoms with E-state index in [1.54, 1.807) is 6.07 Å². The summed E-state index contributed by atoms with van der Waals surface area (Å²) in [5, 5.41) is 3.58. The monoisotopic (exact) mass is 341 g/mol. The Balaban J connectivity index is 2.04. The molecule has 1 aromatic rings. The second-order valence-corrected chi connectivity index (χ2v) is 7.04. The van der Waals surface area contributed by atoms with Crippen LogP contribution in [0.1, 0.15) is 45.1 Å². The molecule has 1 fully saturated rings. The average Bonchev–Trinajstić information content (AvgIpc) is 2.42. The molecule has 1 aliphatic carbocycles. The molecule has 3 heteroatoms. The number of nitrogens with one attached hydrogen (secondary N) is 1. The minimum absolute atomic E-state index is 0.0912. The van der Waals surface area contributed by atoms with Gasteiger partial charge in [0.15, 0.2) is 0 Å². The van der Waals surface area contributed by atoms with E-state index in [2.05, 4.69) is 35.1 Å². The normalized spacial score (nSPS) is 24.6. The molecule has 20 heavy (non-hydrogen) atoms. The van der Waals surface area contributed by atoms with Crippen molar-refractivity contribution in [3.05, 3.63) is 34.1 Å². The van der Waals surface area contributed by atoms with Crippen LogP contribution in [0.15, 0.2) is 22.7 Å². The number of benzene rings is 1. The molecule has 1 saturated carbocycles. The zero-order valence-corrected chi connectivity index (χ0v) is 14.0. The maximum atomic E-state index is 14.0. The molecule has 0 amide bonds. The molecule has 0 saturated heterocycles. The van der Waals surface area contributed by atoms with Crippen molar-refractivity contribution >= 4 is 15.9 Å². The zero-order valence-electron chi connectivity index (χ0n) is 12.5. The zero-order chi connectivity index (χ0) is 14.5. The number of hydrogen-bond donors (Lipinski definition) is 1. The van der Waals surface area contributed by atoms with Crippen molar-refractivity contribution in [1.29, 1.82) is 0 Å². The van der Waals surface area contributed by atoms with Crippen molar-refractivity contribution < 1.29 is 4.39 Å². The van der Waals surface area contributed by atoms with Crippen molar-refractivity contribution in [1.82, 2.24) is 5.32 Å². The Hall–Kier alpha value is -0.410. The van der Waals surface area contributed by atoms with Crippen molar-refractivity contribution in [3.63, 3.8) is 0 Å². The van der Waals surface area contributed by atoms with E-state index in [4.69, 9.17) is 0 Å². The molecule has 0 aliphatic heterocycles. The van der Waals surface area contributed by atoms with Gasteiger partial charge in [-0.25, -0.2) is 4.39 Å². The molecular weight excluding hydrogens is 317 g/mol. The quantitative estimate of drug-likeness (QED) is 0.800. The van der Waals surface area contributed by atoms with Gasteiger partial charge in [-0.3, -0.25) is 0 Å². The summed E-state index contributed by atoms with van der Waals surface area (Å²) in [6, 6.07) is 5.82. The van der Waals surface area contributed by atoms with Crippen LogP contribution in [-0.4, -0.2) is 12.6 Å². The van der Waals surface area contributed by atoms with Gasteiger partial charge in [0.25, 0.3) is 0 Å². The lowest BCUT2D eigenvalue weighted by atomic mass is 9.77. The third-order valence-corrected chi connectivity index (χ3v) is 5.04. The third-order valence-electron chi connectivity index (χ3n) is 4.55. The molecule has 2 rings (SSSR count). The molecule has 112 valence electrons. The highest BCUT2D eigenvalue weighted by molar-refractivity contribution is 9.10. The minimum Gasteiger partial charge on any atom is -0.314 e. The maximum absolute atomic E-state index is 14.0. The van der Waals surface area contributed by atoms with Crippen LogP contribution < -0.4 is 5.32 Å². The van der Waals surface area contributed by atoms with Crippen LogP contribution in [0.2, 0.25) is 0 Å². The van der Waals surface area contributed by atoms with Gasteiger partial charge in [0.1, 0.15) is 5.82 Å². The van der Waals surface area contributed by atoms with E-state index < -0.39 is 0 Å². The fraction of sp³-hybridized carbons (Fsp3) is 0.647. The Bertz CT molecular complexity index is 427. The number of halogens is 2. The maximum Gasteiger partial charge on any atom is 0.127 e. The average molecular weight is 342 g/mol. The van der Waals surface area contributed by atoms with Crippen LogP contribution in [0.4, 0.5) is 4.39 Å². The summed E-state index contributed by atoms with van der Waals surface area (Å²) < 4.78 is 14.8. The summed E-state index contributed by atoms with van der Waals surface area (Å²) in [7, 11) is 0. The first-order valence-electron chi connectivity index (χ1n) is 7.77. The smallest absolute Gasteiger partial charge is 0.127 e. The van der Waals surface area contributed by atoms with E-state index in [1.807, 2.05) is 12.1 Å². The number of hydrogen-bond acceptors (Lipinski definition) is 1. The molecular formula is C17H25BrFN. The van der Waals surface area contributed by atoms with Gasteiger partial charge in [-0.15, -0.1) is 0 Å². The predicted molar refractivity (Wildman–Crippen MR) is 86.4 cm³/mol. The molecule has 1 N–H and O–H groups in total. The van der Waals surface area contributed by atoms with E-state index in [-0.39, 0.29) is 5.82 Å². The van der Waals surface area contributed by atoms with Crippen LogP contribution in [0.25, 0.3) is 0 Å². The Morgan fingerprint density at radius 1 is 1.30 bits per heavy atom. The summed E-state index contributed by atoms with van der Waals surface area (Å²) >= 11 is 3.32. The van der Waals surface area contributed by atoms with Crippen molar-refractivity contribution in [3.8, 4) is 0 Å². The van der Waals surface area contributed by atoms with E-state index >= 15 is 0 Å². The van der Waals surface area contributed by atoms with Gasteiger partial charge in [-0.2, -0.15) is 0 Å². The van der Waals surface area contributed by atoms with E-state index in [1.165, 1.54) is 25.7 Å². The van der Waals surface area contributed by atoms with Gasteiger partial charge in [-0.1, -0.05) is 48.7 Å². The van der Waals surface area contributed by atoms with Crippen molar-refractivity contribution in [2.75, 3.05) is 6.54 Å². The van der Waals surface area contributed by atoms with E-state index in [0.717, 1.165) is 28.9 Å². The highest BCUT2D eigenvalue weighted by Gasteiger charge is 2.26. The summed E-state index contributed by atoms with van der Waals surface area (Å²) in [4.78, 5) is 0. The summed E-state index contributed by atoms with van der Waals surface area (Å²) in [5.41, 5.74) is 0.831. The first-order chi connectivity index (χ1) is 9.60. The molecule has 0 aromatic heterocycles. The fourth-order valence-electron chi connectivity index (χ4n) is 3.28. The van der Waals surface area contributed by atoms with Crippen molar-refractivity contribution in [2.24, 2.45) is 11.8 Å². The van der Waals surface area contributed by atoms with Crippen LogP contribution in [0.5, 0.6) is 0 Å². The molecule has 1 aliphatic rings. The molecule has 1 nitrogen and oxygen atoms in total. The lowest BCUT2D eigenvalue weighted by Gasteiger charge is -2.33. The van der Waals surface area contributed by atoms with Crippen LogP contribution in [0, 0.1) is 17.7 Å². The Kier molecular flexibility index (Phi) is 6.03. The summed E-state index contributed by atoms with van der Waals surface area (Å²) in [6.45, 7) is 5.43. The van der Waals surface area contributed by atoms with Crippen LogP contribution in [0.3, 0.4) is 0 Å². The Labute approximate surface area is 130 Å². The van der Waals surface area contributed by atoms with Crippen molar-refractivity contribution in [2.45, 2.75) is 52.0 Å². The second kappa shape index (κ2) is 7.56. The van der Waals surface area contributed by atoms with Gasteiger partial charge < -0.3 is 5.32 Å². The lowest BCUT2D eigenvalue weighted by Crippen LogP contribution is -2.39. The van der Waals surface area contributed by atoms with Gasteiger partial charge in [0, 0.05) is 10.5 Å². The molecule has 1 aromatic carbocycles. The largest absolute Gasteiger partial charge is 0.314 e. The minimum atomic E-state index is -0.0912. The third kappa shape index (κ3) is 4.29. The Morgan fingerprint density at radius 2 is 2.00 bits per heavy atom. The molecule has 0 bridgehead atoms. The Morgan fingerprint density at radius 3 is 2.60 bits per heavy atom. The lowest BCUT2D eigenvalue weighted by molar-refractivity contribution is 0.229. The highest BCUT2D eigenvalue weighted by atomic mass is 79.9. The van der Waals surface area contributed by atoms with Crippen LogP contribution in [-0.2, 0) is 6.42 Å². The molecule has 1 atom stereocenters. The first kappa shape index (κ1) is 16.0. The second-order valence-electron chi connectivity index (χ2n) is 6.12. The predicted octanol–water partition coefficient (Wildman–Crippen LogP) is 4.94.